The van der Waals surface area contributed by atoms with Crippen LogP contribution in [0.3, 0.4) is 0 Å². The molecule has 0 saturated heterocycles. The van der Waals surface area contributed by atoms with E-state index in [0.717, 1.165) is 19.3 Å². The highest BCUT2D eigenvalue weighted by Crippen LogP contribution is 2.34. The Bertz CT molecular complexity index is 1410. The summed E-state index contributed by atoms with van der Waals surface area (Å²) in [5.74, 6) is -0.387. The molecule has 2 aromatic heterocycles. The molecule has 0 fully saturated rings. The Morgan fingerprint density at radius 1 is 0.844 bits per heavy atom. The Balaban J connectivity index is 1.53. The van der Waals surface area contributed by atoms with Crippen molar-refractivity contribution in [2.75, 3.05) is 17.2 Å². The molecule has 11 heteroatoms. The van der Waals surface area contributed by atoms with Crippen molar-refractivity contribution in [3.8, 4) is 11.4 Å². The number of esters is 1. The van der Waals surface area contributed by atoms with Crippen LogP contribution in [0, 0.1) is 0 Å². The van der Waals surface area contributed by atoms with Crippen LogP contribution in [0.15, 0.2) is 18.2 Å². The maximum atomic E-state index is 12.7. The molecule has 0 aliphatic carbocycles. The van der Waals surface area contributed by atoms with Gasteiger partial charge in [0.25, 0.3) is 0 Å². The zero-order valence-corrected chi connectivity index (χ0v) is 28.4. The van der Waals surface area contributed by atoms with Crippen LogP contribution in [-0.2, 0) is 24.5 Å². The highest BCUT2D eigenvalue weighted by atomic mass is 35.5. The summed E-state index contributed by atoms with van der Waals surface area (Å²) in [6.45, 7) is 10.6. The maximum absolute atomic E-state index is 12.7. The van der Waals surface area contributed by atoms with Gasteiger partial charge in [0.1, 0.15) is 5.02 Å². The van der Waals surface area contributed by atoms with Gasteiger partial charge in [0.2, 0.25) is 11.8 Å². The monoisotopic (exact) mass is 642 g/mol. The van der Waals surface area contributed by atoms with Crippen molar-refractivity contribution in [3.63, 3.8) is 0 Å². The molecule has 0 aliphatic heterocycles. The van der Waals surface area contributed by atoms with Gasteiger partial charge in [0.05, 0.1) is 24.4 Å². The summed E-state index contributed by atoms with van der Waals surface area (Å²) < 4.78 is 6.78. The molecule has 1 aromatic carbocycles. The Morgan fingerprint density at radius 3 is 2.11 bits per heavy atom. The third-order valence-corrected chi connectivity index (χ3v) is 7.94. The number of rotatable bonds is 19. The van der Waals surface area contributed by atoms with E-state index in [4.69, 9.17) is 16.3 Å². The molecule has 248 valence electrons. The van der Waals surface area contributed by atoms with Crippen LogP contribution >= 0.6 is 11.6 Å². The molecule has 45 heavy (non-hydrogen) atoms. The topological polar surface area (TPSA) is 130 Å². The van der Waals surface area contributed by atoms with Gasteiger partial charge < -0.3 is 20.4 Å². The average Bonchev–Trinajstić information content (AvgIpc) is 3.55. The van der Waals surface area contributed by atoms with Crippen LogP contribution < -0.4 is 10.6 Å². The molecule has 2 amide bonds. The molecular formula is C34H51ClN6O4. The van der Waals surface area contributed by atoms with Crippen LogP contribution in [0.25, 0.3) is 17.0 Å². The van der Waals surface area contributed by atoms with E-state index in [-0.39, 0.29) is 36.0 Å². The number of hydrogen-bond acceptors (Lipinski definition) is 6. The first-order valence-corrected chi connectivity index (χ1v) is 17.0. The lowest BCUT2D eigenvalue weighted by Gasteiger charge is -2.15. The molecule has 2 heterocycles. The second-order valence-electron chi connectivity index (χ2n) is 12.7. The van der Waals surface area contributed by atoms with Crippen LogP contribution in [0.2, 0.25) is 5.02 Å². The number of carbonyl (C=O) groups is 3. The largest absolute Gasteiger partial charge is 0.466 e. The normalized spacial score (nSPS) is 11.6. The fourth-order valence-electron chi connectivity index (χ4n) is 5.05. The second kappa shape index (κ2) is 17.9. The van der Waals surface area contributed by atoms with E-state index < -0.39 is 0 Å². The van der Waals surface area contributed by atoms with E-state index in [2.05, 4.69) is 32.7 Å². The number of halogens is 1. The van der Waals surface area contributed by atoms with Crippen LogP contribution in [0.1, 0.15) is 130 Å². The SMILES string of the molecule is CCCCCCCCCCCCOC(=O)CCC(=O)Nc1ccc(NC(=O)CCC)c(-c2nn3nc(C(C)(C)C)c(Cl)c3[nH]2)c1. The number of aromatic nitrogens is 4. The Kier molecular flexibility index (Phi) is 14.4. The van der Waals surface area contributed by atoms with Crippen molar-refractivity contribution in [3.05, 3.63) is 28.9 Å². The van der Waals surface area contributed by atoms with Crippen molar-refractivity contribution in [1.29, 1.82) is 0 Å². The molecule has 0 aliphatic rings. The standard InChI is InChI=1S/C34H51ClN6O4/c1-6-8-9-10-11-12-13-14-15-16-22-45-29(44)21-20-28(43)36-24-18-19-26(37-27(42)17-7-2)25(23-24)32-38-33-30(35)31(34(3,4)5)39-41(33)40-32/h18-19,23H,6-17,20-22H2,1-5H3,(H,36,43)(H,37,42)(H,38,40). The molecular weight excluding hydrogens is 592 g/mol. The molecule has 0 bridgehead atoms. The van der Waals surface area contributed by atoms with Gasteiger partial charge in [-0.15, -0.1) is 9.73 Å². The lowest BCUT2D eigenvalue weighted by atomic mass is 9.92. The minimum Gasteiger partial charge on any atom is -0.466 e. The van der Waals surface area contributed by atoms with E-state index in [1.165, 1.54) is 49.6 Å². The quantitative estimate of drug-likeness (QED) is 0.0886. The van der Waals surface area contributed by atoms with Gasteiger partial charge in [0.15, 0.2) is 11.5 Å². The van der Waals surface area contributed by atoms with Crippen LogP contribution in [0.5, 0.6) is 0 Å². The van der Waals surface area contributed by atoms with Gasteiger partial charge in [0, 0.05) is 29.5 Å². The van der Waals surface area contributed by atoms with Crippen LogP contribution in [0.4, 0.5) is 11.4 Å². The number of anilines is 2. The molecule has 0 radical (unpaired) electrons. The summed E-state index contributed by atoms with van der Waals surface area (Å²) in [5.41, 5.74) is 2.58. The fourth-order valence-corrected chi connectivity index (χ4v) is 5.50. The lowest BCUT2D eigenvalue weighted by molar-refractivity contribution is -0.144. The van der Waals surface area contributed by atoms with Gasteiger partial charge in [-0.05, 0) is 31.0 Å². The molecule has 3 aromatic rings. The number of ether oxygens (including phenoxy) is 1. The number of hydrogen-bond donors (Lipinski definition) is 3. The Morgan fingerprint density at radius 2 is 1.49 bits per heavy atom. The third kappa shape index (κ3) is 11.5. The first-order chi connectivity index (χ1) is 21.5. The van der Waals surface area contributed by atoms with Gasteiger partial charge in [-0.2, -0.15) is 5.10 Å². The zero-order chi connectivity index (χ0) is 32.8. The van der Waals surface area contributed by atoms with E-state index in [9.17, 15) is 14.4 Å². The number of H-pyrrole nitrogens is 1. The number of nitrogens with zero attached hydrogens (tertiary/aromatic N) is 3. The number of nitrogens with one attached hydrogen (secondary N) is 3. The minimum atomic E-state index is -0.374. The average molecular weight is 643 g/mol. The van der Waals surface area contributed by atoms with Crippen molar-refractivity contribution < 1.29 is 19.1 Å². The second-order valence-corrected chi connectivity index (χ2v) is 13.1. The van der Waals surface area contributed by atoms with Gasteiger partial charge in [-0.1, -0.05) is 104 Å². The summed E-state index contributed by atoms with van der Waals surface area (Å²) in [5, 5.41) is 15.4. The fraction of sp³-hybridized carbons (Fsp3) is 0.618. The first-order valence-electron chi connectivity index (χ1n) is 16.6. The number of amides is 2. The van der Waals surface area contributed by atoms with E-state index >= 15 is 0 Å². The highest BCUT2D eigenvalue weighted by molar-refractivity contribution is 6.34. The summed E-state index contributed by atoms with van der Waals surface area (Å²) >= 11 is 6.63. The van der Waals surface area contributed by atoms with Crippen molar-refractivity contribution >= 4 is 46.4 Å². The van der Waals surface area contributed by atoms with E-state index in [1.54, 1.807) is 18.2 Å². The van der Waals surface area contributed by atoms with Gasteiger partial charge >= 0.3 is 5.97 Å². The number of unbranched alkanes of at least 4 members (excludes halogenated alkanes) is 9. The number of carbonyl (C=O) groups excluding carboxylic acids is 3. The summed E-state index contributed by atoms with van der Waals surface area (Å²) in [6, 6.07) is 5.14. The van der Waals surface area contributed by atoms with Crippen molar-refractivity contribution in [2.45, 2.75) is 130 Å². The Labute approximate surface area is 272 Å². The van der Waals surface area contributed by atoms with Gasteiger partial charge in [-0.25, -0.2) is 0 Å². The van der Waals surface area contributed by atoms with Gasteiger partial charge in [-0.3, -0.25) is 14.4 Å². The predicted molar refractivity (Wildman–Crippen MR) is 181 cm³/mol. The molecule has 0 unspecified atom stereocenters. The molecule has 3 rings (SSSR count). The Hall–Kier alpha value is -3.40. The summed E-state index contributed by atoms with van der Waals surface area (Å²) in [4.78, 5) is 40.6. The summed E-state index contributed by atoms with van der Waals surface area (Å²) in [7, 11) is 0. The van der Waals surface area contributed by atoms with Crippen LogP contribution in [-0.4, -0.2) is 44.2 Å². The van der Waals surface area contributed by atoms with E-state index in [1.807, 2.05) is 27.7 Å². The number of aromatic amines is 1. The zero-order valence-electron chi connectivity index (χ0n) is 27.7. The first kappa shape index (κ1) is 36.1. The molecule has 3 N–H and O–H groups in total. The highest BCUT2D eigenvalue weighted by Gasteiger charge is 2.26. The number of benzene rings is 1. The third-order valence-electron chi connectivity index (χ3n) is 7.58. The van der Waals surface area contributed by atoms with Crippen molar-refractivity contribution in [1.82, 2.24) is 19.8 Å². The predicted octanol–water partition coefficient (Wildman–Crippen LogP) is 8.60. The van der Waals surface area contributed by atoms with E-state index in [0.29, 0.717) is 58.6 Å². The lowest BCUT2D eigenvalue weighted by Crippen LogP contribution is -2.15. The maximum Gasteiger partial charge on any atom is 0.306 e. The summed E-state index contributed by atoms with van der Waals surface area (Å²) in [6.07, 6.45) is 13.2. The van der Waals surface area contributed by atoms with Crippen molar-refractivity contribution in [2.24, 2.45) is 0 Å². The molecule has 0 atom stereocenters. The molecule has 0 spiro atoms. The number of fused-ring (bicyclic) bond motifs is 1. The molecule has 0 saturated carbocycles. The molecule has 10 nitrogen and oxygen atoms in total. The smallest absolute Gasteiger partial charge is 0.306 e. The minimum absolute atomic E-state index is 0.000941.